The molecule has 5 nitrogen and oxygen atoms in total. The summed E-state index contributed by atoms with van der Waals surface area (Å²) in [6, 6.07) is 7.34. The van der Waals surface area contributed by atoms with E-state index in [0.29, 0.717) is 5.56 Å². The van der Waals surface area contributed by atoms with E-state index in [1.807, 2.05) is 12.1 Å². The zero-order valence-electron chi connectivity index (χ0n) is 10.3. The van der Waals surface area contributed by atoms with Crippen LogP contribution >= 0.6 is 11.8 Å². The Morgan fingerprint density at radius 1 is 1.37 bits per heavy atom. The van der Waals surface area contributed by atoms with Crippen molar-refractivity contribution in [1.82, 2.24) is 20.2 Å². The minimum Gasteiger partial charge on any atom is -0.337 e. The standard InChI is InChI=1S/C13H12N4OS/c1-2-19-12-6-11(16-17-12)13-14-9-4-3-8(7-18)5-10(9)15-13/h3-7H,2H2,1H3,(H,14,15)(H,16,17). The lowest BCUT2D eigenvalue weighted by molar-refractivity contribution is 0.112. The molecule has 0 saturated carbocycles. The molecule has 0 spiro atoms. The van der Waals surface area contributed by atoms with Crippen molar-refractivity contribution in [3.05, 3.63) is 29.8 Å². The fraction of sp³-hybridized carbons (Fsp3) is 0.154. The van der Waals surface area contributed by atoms with E-state index >= 15 is 0 Å². The summed E-state index contributed by atoms with van der Waals surface area (Å²) in [6.45, 7) is 2.08. The van der Waals surface area contributed by atoms with Gasteiger partial charge < -0.3 is 4.98 Å². The number of aromatic nitrogens is 4. The van der Waals surface area contributed by atoms with Crippen LogP contribution in [0.5, 0.6) is 0 Å². The van der Waals surface area contributed by atoms with Gasteiger partial charge in [0.05, 0.1) is 11.0 Å². The quantitative estimate of drug-likeness (QED) is 0.565. The third-order valence-electron chi connectivity index (χ3n) is 2.74. The first-order valence-corrected chi connectivity index (χ1v) is 6.92. The number of hydrogen-bond donors (Lipinski definition) is 2. The topological polar surface area (TPSA) is 74.4 Å². The molecule has 2 aromatic heterocycles. The van der Waals surface area contributed by atoms with Crippen LogP contribution in [0.4, 0.5) is 0 Å². The molecule has 0 fully saturated rings. The van der Waals surface area contributed by atoms with E-state index < -0.39 is 0 Å². The highest BCUT2D eigenvalue weighted by Crippen LogP contribution is 2.23. The van der Waals surface area contributed by atoms with Gasteiger partial charge in [-0.15, -0.1) is 11.8 Å². The second kappa shape index (κ2) is 4.89. The second-order valence-corrected chi connectivity index (χ2v) is 5.32. The first kappa shape index (κ1) is 12.0. The van der Waals surface area contributed by atoms with Gasteiger partial charge >= 0.3 is 0 Å². The van der Waals surface area contributed by atoms with Crippen molar-refractivity contribution < 1.29 is 4.79 Å². The molecule has 6 heteroatoms. The molecular weight excluding hydrogens is 260 g/mol. The smallest absolute Gasteiger partial charge is 0.156 e. The number of nitrogens with one attached hydrogen (secondary N) is 2. The molecule has 2 N–H and O–H groups in total. The van der Waals surface area contributed by atoms with Gasteiger partial charge in [-0.3, -0.25) is 9.89 Å². The minimum absolute atomic E-state index is 0.634. The van der Waals surface area contributed by atoms with Crippen molar-refractivity contribution in [1.29, 1.82) is 0 Å². The van der Waals surface area contributed by atoms with Gasteiger partial charge in [0.25, 0.3) is 0 Å². The molecule has 0 saturated heterocycles. The predicted octanol–water partition coefficient (Wildman–Crippen LogP) is 2.88. The zero-order valence-corrected chi connectivity index (χ0v) is 11.1. The molecule has 0 aliphatic rings. The van der Waals surface area contributed by atoms with E-state index in [1.54, 1.807) is 23.9 Å². The van der Waals surface area contributed by atoms with Crippen LogP contribution in [-0.2, 0) is 0 Å². The Balaban J connectivity index is 2.01. The molecule has 96 valence electrons. The number of aldehydes is 1. The SMILES string of the molecule is CCSc1cc(-c2nc3ccc(C=O)cc3[nH]2)[nH]n1. The number of rotatable bonds is 4. The van der Waals surface area contributed by atoms with Crippen LogP contribution in [0.2, 0.25) is 0 Å². The number of thioether (sulfide) groups is 1. The fourth-order valence-corrected chi connectivity index (χ4v) is 2.48. The molecule has 0 radical (unpaired) electrons. The third kappa shape index (κ3) is 2.26. The highest BCUT2D eigenvalue weighted by Gasteiger charge is 2.09. The van der Waals surface area contributed by atoms with Crippen molar-refractivity contribution >= 4 is 29.1 Å². The Kier molecular flexibility index (Phi) is 3.08. The summed E-state index contributed by atoms with van der Waals surface area (Å²) < 4.78 is 0. The average molecular weight is 272 g/mol. The molecule has 0 unspecified atom stereocenters. The van der Waals surface area contributed by atoms with Gasteiger partial charge in [0.15, 0.2) is 5.82 Å². The highest BCUT2D eigenvalue weighted by molar-refractivity contribution is 7.99. The van der Waals surface area contributed by atoms with Crippen LogP contribution in [0.3, 0.4) is 0 Å². The molecule has 0 aliphatic carbocycles. The summed E-state index contributed by atoms with van der Waals surface area (Å²) in [4.78, 5) is 18.4. The lowest BCUT2D eigenvalue weighted by Crippen LogP contribution is -1.79. The van der Waals surface area contributed by atoms with Crippen LogP contribution in [0.1, 0.15) is 17.3 Å². The summed E-state index contributed by atoms with van der Waals surface area (Å²) >= 11 is 1.67. The zero-order chi connectivity index (χ0) is 13.2. The molecule has 0 atom stereocenters. The van der Waals surface area contributed by atoms with Crippen molar-refractivity contribution in [3.8, 4) is 11.5 Å². The van der Waals surface area contributed by atoms with Crippen molar-refractivity contribution in [2.75, 3.05) is 5.75 Å². The molecule has 3 aromatic rings. The lowest BCUT2D eigenvalue weighted by atomic mass is 10.2. The van der Waals surface area contributed by atoms with E-state index in [2.05, 4.69) is 27.1 Å². The minimum atomic E-state index is 0.634. The maximum Gasteiger partial charge on any atom is 0.156 e. The van der Waals surface area contributed by atoms with Gasteiger partial charge in [-0.05, 0) is 24.0 Å². The van der Waals surface area contributed by atoms with Crippen molar-refractivity contribution in [2.24, 2.45) is 0 Å². The number of hydrogen-bond acceptors (Lipinski definition) is 4. The molecule has 19 heavy (non-hydrogen) atoms. The summed E-state index contributed by atoms with van der Waals surface area (Å²) in [5, 5.41) is 8.12. The molecule has 3 rings (SSSR count). The lowest BCUT2D eigenvalue weighted by Gasteiger charge is -1.89. The molecule has 0 bridgehead atoms. The van der Waals surface area contributed by atoms with E-state index in [1.165, 1.54) is 0 Å². The molecule has 2 heterocycles. The number of nitrogens with zero attached hydrogens (tertiary/aromatic N) is 2. The summed E-state index contributed by atoms with van der Waals surface area (Å²) in [7, 11) is 0. The van der Waals surface area contributed by atoms with E-state index in [-0.39, 0.29) is 0 Å². The highest BCUT2D eigenvalue weighted by atomic mass is 32.2. The first-order valence-electron chi connectivity index (χ1n) is 5.93. The Labute approximate surface area is 113 Å². The van der Waals surface area contributed by atoms with E-state index in [4.69, 9.17) is 0 Å². The number of fused-ring (bicyclic) bond motifs is 1. The van der Waals surface area contributed by atoms with Gasteiger partial charge in [0, 0.05) is 11.6 Å². The van der Waals surface area contributed by atoms with Crippen LogP contribution < -0.4 is 0 Å². The summed E-state index contributed by atoms with van der Waals surface area (Å²) in [6.07, 6.45) is 0.826. The summed E-state index contributed by atoms with van der Waals surface area (Å²) in [5.41, 5.74) is 3.16. The van der Waals surface area contributed by atoms with Crippen LogP contribution in [0.25, 0.3) is 22.6 Å². The molecule has 1 aromatic carbocycles. The van der Waals surface area contributed by atoms with Crippen molar-refractivity contribution in [3.63, 3.8) is 0 Å². The number of carbonyl (C=O) groups excluding carboxylic acids is 1. The number of carbonyl (C=O) groups is 1. The predicted molar refractivity (Wildman–Crippen MR) is 75.5 cm³/mol. The van der Waals surface area contributed by atoms with Gasteiger partial charge in [-0.25, -0.2) is 4.98 Å². The van der Waals surface area contributed by atoms with Gasteiger partial charge in [0.1, 0.15) is 17.0 Å². The van der Waals surface area contributed by atoms with Gasteiger partial charge in [-0.1, -0.05) is 6.92 Å². The maximum atomic E-state index is 10.7. The Morgan fingerprint density at radius 3 is 3.05 bits per heavy atom. The molecule has 0 aliphatic heterocycles. The van der Waals surface area contributed by atoms with E-state index in [9.17, 15) is 4.79 Å². The number of benzene rings is 1. The Bertz CT molecular complexity index is 731. The van der Waals surface area contributed by atoms with Crippen LogP contribution in [-0.4, -0.2) is 32.2 Å². The Morgan fingerprint density at radius 2 is 2.26 bits per heavy atom. The second-order valence-electron chi connectivity index (χ2n) is 4.03. The normalized spacial score (nSPS) is 11.0. The average Bonchev–Trinajstić information content (AvgIpc) is 3.03. The van der Waals surface area contributed by atoms with Gasteiger partial charge in [-0.2, -0.15) is 5.10 Å². The number of aromatic amines is 2. The van der Waals surface area contributed by atoms with Crippen LogP contribution in [0.15, 0.2) is 29.3 Å². The van der Waals surface area contributed by atoms with Crippen LogP contribution in [0, 0.1) is 0 Å². The third-order valence-corrected chi connectivity index (χ3v) is 3.54. The van der Waals surface area contributed by atoms with E-state index in [0.717, 1.165) is 39.6 Å². The number of H-pyrrole nitrogens is 2. The maximum absolute atomic E-state index is 10.7. The number of imidazole rings is 1. The first-order chi connectivity index (χ1) is 9.30. The van der Waals surface area contributed by atoms with Gasteiger partial charge in [0.2, 0.25) is 0 Å². The largest absolute Gasteiger partial charge is 0.337 e. The van der Waals surface area contributed by atoms with Crippen molar-refractivity contribution in [2.45, 2.75) is 11.9 Å². The molecular formula is C13H12N4OS. The molecule has 0 amide bonds. The monoisotopic (exact) mass is 272 g/mol. The fourth-order valence-electron chi connectivity index (χ4n) is 1.87. The summed E-state index contributed by atoms with van der Waals surface area (Å²) in [5.74, 6) is 1.71. The Hall–Kier alpha value is -2.08.